The molecule has 0 spiro atoms. The van der Waals surface area contributed by atoms with E-state index in [4.69, 9.17) is 16.3 Å². The average molecular weight is 401 g/mol. The van der Waals surface area contributed by atoms with Gasteiger partial charge in [0.1, 0.15) is 5.56 Å². The third kappa shape index (κ3) is 3.47. The summed E-state index contributed by atoms with van der Waals surface area (Å²) in [7, 11) is 2.56. The first-order valence-corrected chi connectivity index (χ1v) is 7.77. The third-order valence-corrected chi connectivity index (χ3v) is 3.94. The zero-order chi connectivity index (χ0) is 19.8. The highest BCUT2D eigenvalue weighted by Crippen LogP contribution is 2.41. The molecule has 2 N–H and O–H groups in total. The molecule has 0 radical (unpaired) electrons. The van der Waals surface area contributed by atoms with E-state index in [1.54, 1.807) is 0 Å². The van der Waals surface area contributed by atoms with Gasteiger partial charge in [-0.05, 0) is 23.7 Å². The van der Waals surface area contributed by atoms with Crippen molar-refractivity contribution in [1.82, 2.24) is 15.0 Å². The fraction of sp³-hybridized carbons (Fsp3) is 0.188. The second kappa shape index (κ2) is 6.95. The quantitative estimate of drug-likeness (QED) is 0.632. The van der Waals surface area contributed by atoms with Crippen LogP contribution in [-0.4, -0.2) is 35.3 Å². The van der Waals surface area contributed by atoms with Gasteiger partial charge in [-0.15, -0.1) is 0 Å². The number of alkyl halides is 3. The predicted octanol–water partition coefficient (Wildman–Crippen LogP) is 4.48. The van der Waals surface area contributed by atoms with E-state index in [1.165, 1.54) is 32.5 Å². The van der Waals surface area contributed by atoms with E-state index in [0.29, 0.717) is 17.1 Å². The number of ether oxygens (including phenoxy) is 2. The molecule has 0 saturated heterocycles. The minimum absolute atomic E-state index is 0.157. The number of halogens is 4. The maximum absolute atomic E-state index is 13.3. The van der Waals surface area contributed by atoms with Crippen LogP contribution in [0.5, 0.6) is 5.75 Å². The standard InChI is InChI=1S/C16H12ClF3N4O3/c1-26-13-10(23-15(25)27-2)4-3-7-8(5-21-12(7)13)11-9(16(18,19)20)6-22-14(17)24-11/h3-6,21H,1-2H3,(H,23,25). The first-order valence-electron chi connectivity index (χ1n) is 7.39. The van der Waals surface area contributed by atoms with E-state index >= 15 is 0 Å². The molecule has 0 bridgehead atoms. The molecule has 7 nitrogen and oxygen atoms in total. The molecule has 3 rings (SSSR count). The number of aromatic amines is 1. The zero-order valence-corrected chi connectivity index (χ0v) is 14.7. The molecule has 3 aromatic rings. The number of nitrogens with one attached hydrogen (secondary N) is 2. The molecule has 142 valence electrons. The Morgan fingerprint density at radius 2 is 2.04 bits per heavy atom. The van der Waals surface area contributed by atoms with Crippen molar-refractivity contribution in [3.63, 3.8) is 0 Å². The summed E-state index contributed by atoms with van der Waals surface area (Å²) in [5.41, 5.74) is -0.594. The summed E-state index contributed by atoms with van der Waals surface area (Å²) >= 11 is 5.71. The lowest BCUT2D eigenvalue weighted by Crippen LogP contribution is -2.11. The topological polar surface area (TPSA) is 89.1 Å². The van der Waals surface area contributed by atoms with Crippen LogP contribution in [0.15, 0.2) is 24.5 Å². The summed E-state index contributed by atoms with van der Waals surface area (Å²) in [5, 5.41) is 2.54. The van der Waals surface area contributed by atoms with Crippen LogP contribution in [0.3, 0.4) is 0 Å². The number of benzene rings is 1. The molecule has 1 aromatic carbocycles. The Kier molecular flexibility index (Phi) is 4.83. The van der Waals surface area contributed by atoms with Gasteiger partial charge >= 0.3 is 12.3 Å². The number of hydrogen-bond acceptors (Lipinski definition) is 5. The van der Waals surface area contributed by atoms with Gasteiger partial charge < -0.3 is 14.5 Å². The van der Waals surface area contributed by atoms with E-state index < -0.39 is 17.8 Å². The van der Waals surface area contributed by atoms with E-state index in [0.717, 1.165) is 0 Å². The van der Waals surface area contributed by atoms with Gasteiger partial charge in [0, 0.05) is 23.3 Å². The summed E-state index contributed by atoms with van der Waals surface area (Å²) in [6, 6.07) is 3.00. The van der Waals surface area contributed by atoms with Crippen LogP contribution in [-0.2, 0) is 10.9 Å². The highest BCUT2D eigenvalue weighted by atomic mass is 35.5. The monoisotopic (exact) mass is 400 g/mol. The number of aromatic nitrogens is 3. The lowest BCUT2D eigenvalue weighted by Gasteiger charge is -2.12. The van der Waals surface area contributed by atoms with Crippen LogP contribution in [0.4, 0.5) is 23.7 Å². The molecule has 0 unspecified atom stereocenters. The molecule has 2 heterocycles. The van der Waals surface area contributed by atoms with Gasteiger partial charge in [-0.25, -0.2) is 14.8 Å². The fourth-order valence-electron chi connectivity index (χ4n) is 2.61. The Balaban J connectivity index is 2.22. The molecular weight excluding hydrogens is 389 g/mol. The number of hydrogen-bond donors (Lipinski definition) is 2. The van der Waals surface area contributed by atoms with Crippen molar-refractivity contribution in [2.75, 3.05) is 19.5 Å². The Labute approximate surface area is 155 Å². The molecule has 27 heavy (non-hydrogen) atoms. The molecule has 0 fully saturated rings. The van der Waals surface area contributed by atoms with Gasteiger partial charge in [0.25, 0.3) is 0 Å². The fourth-order valence-corrected chi connectivity index (χ4v) is 2.75. The second-order valence-electron chi connectivity index (χ2n) is 5.29. The van der Waals surface area contributed by atoms with Crippen LogP contribution in [0, 0.1) is 0 Å². The minimum atomic E-state index is -4.67. The number of carbonyl (C=O) groups excluding carboxylic acids is 1. The van der Waals surface area contributed by atoms with Crippen molar-refractivity contribution in [2.45, 2.75) is 6.18 Å². The summed E-state index contributed by atoms with van der Waals surface area (Å²) in [4.78, 5) is 21.5. The maximum Gasteiger partial charge on any atom is 0.419 e. The van der Waals surface area contributed by atoms with Gasteiger partial charge in [0.05, 0.1) is 31.1 Å². The molecule has 0 saturated carbocycles. The van der Waals surface area contributed by atoms with Crippen molar-refractivity contribution in [3.8, 4) is 17.0 Å². The normalized spacial score (nSPS) is 11.5. The van der Waals surface area contributed by atoms with Gasteiger partial charge in [0.2, 0.25) is 5.28 Å². The molecule has 1 amide bonds. The predicted molar refractivity (Wildman–Crippen MR) is 91.9 cm³/mol. The maximum atomic E-state index is 13.3. The van der Waals surface area contributed by atoms with Crippen LogP contribution in [0.1, 0.15) is 5.56 Å². The smallest absolute Gasteiger partial charge is 0.419 e. The molecular formula is C16H12ClF3N4O3. The Hall–Kier alpha value is -3.01. The second-order valence-corrected chi connectivity index (χ2v) is 5.62. The Morgan fingerprint density at radius 3 is 2.67 bits per heavy atom. The number of anilines is 1. The first kappa shape index (κ1) is 18.8. The lowest BCUT2D eigenvalue weighted by atomic mass is 10.0. The molecule has 2 aromatic heterocycles. The summed E-state index contributed by atoms with van der Waals surface area (Å²) in [6.07, 6.45) is -3.40. The molecule has 0 atom stereocenters. The number of nitrogens with zero attached hydrogens (tertiary/aromatic N) is 2. The number of amides is 1. The molecule has 11 heteroatoms. The number of methoxy groups -OCH3 is 2. The zero-order valence-electron chi connectivity index (χ0n) is 13.9. The summed E-state index contributed by atoms with van der Waals surface area (Å²) < 4.78 is 49.9. The van der Waals surface area contributed by atoms with E-state index in [2.05, 4.69) is 25.0 Å². The van der Waals surface area contributed by atoms with E-state index in [9.17, 15) is 18.0 Å². The van der Waals surface area contributed by atoms with E-state index in [-0.39, 0.29) is 28.0 Å². The highest BCUT2D eigenvalue weighted by molar-refractivity contribution is 6.28. The van der Waals surface area contributed by atoms with Crippen molar-refractivity contribution >= 4 is 34.3 Å². The summed E-state index contributed by atoms with van der Waals surface area (Å²) in [6.45, 7) is 0. The summed E-state index contributed by atoms with van der Waals surface area (Å²) in [5.74, 6) is 0.220. The van der Waals surface area contributed by atoms with Gasteiger partial charge in [-0.2, -0.15) is 13.2 Å². The van der Waals surface area contributed by atoms with Crippen molar-refractivity contribution in [3.05, 3.63) is 35.4 Å². The number of H-pyrrole nitrogens is 1. The number of carbonyl (C=O) groups is 1. The SMILES string of the molecule is COC(=O)Nc1ccc2c(-c3nc(Cl)ncc3C(F)(F)F)c[nH]c2c1OC. The van der Waals surface area contributed by atoms with Crippen LogP contribution in [0.2, 0.25) is 5.28 Å². The highest BCUT2D eigenvalue weighted by Gasteiger charge is 2.36. The van der Waals surface area contributed by atoms with Crippen molar-refractivity contribution in [1.29, 1.82) is 0 Å². The molecule has 0 aliphatic heterocycles. The third-order valence-electron chi connectivity index (χ3n) is 3.75. The Bertz CT molecular complexity index is 1020. The van der Waals surface area contributed by atoms with Crippen LogP contribution < -0.4 is 10.1 Å². The molecule has 0 aliphatic rings. The largest absolute Gasteiger partial charge is 0.492 e. The van der Waals surface area contributed by atoms with Crippen molar-refractivity contribution in [2.24, 2.45) is 0 Å². The van der Waals surface area contributed by atoms with Gasteiger partial charge in [-0.1, -0.05) is 0 Å². The average Bonchev–Trinajstić information content (AvgIpc) is 3.04. The number of rotatable bonds is 3. The minimum Gasteiger partial charge on any atom is -0.492 e. The van der Waals surface area contributed by atoms with Gasteiger partial charge in [-0.3, -0.25) is 5.32 Å². The lowest BCUT2D eigenvalue weighted by molar-refractivity contribution is -0.137. The van der Waals surface area contributed by atoms with Crippen molar-refractivity contribution < 1.29 is 27.4 Å². The number of fused-ring (bicyclic) bond motifs is 1. The van der Waals surface area contributed by atoms with E-state index in [1.807, 2.05) is 0 Å². The van der Waals surface area contributed by atoms with Crippen LogP contribution >= 0.6 is 11.6 Å². The molecule has 0 aliphatic carbocycles. The first-order chi connectivity index (χ1) is 12.8. The van der Waals surface area contributed by atoms with Gasteiger partial charge in [0.15, 0.2) is 5.75 Å². The van der Waals surface area contributed by atoms with Crippen LogP contribution in [0.25, 0.3) is 22.2 Å². The Morgan fingerprint density at radius 1 is 1.30 bits per heavy atom.